The molecule has 2 atom stereocenters. The predicted molar refractivity (Wildman–Crippen MR) is 122 cm³/mol. The van der Waals surface area contributed by atoms with Gasteiger partial charge in [-0.25, -0.2) is 0 Å². The molecule has 2 aliphatic rings. The summed E-state index contributed by atoms with van der Waals surface area (Å²) in [7, 11) is -0.376. The maximum Gasteiger partial charge on any atom is 0.0892 e. The van der Waals surface area contributed by atoms with E-state index in [1.165, 1.54) is 62.0 Å². The monoisotopic (exact) mass is 480 g/mol. The third-order valence-corrected chi connectivity index (χ3v) is 11.2. The standard InChI is InChI=1S/C17H18Cl2P2.C5H10.Fe/c18-21(19)17-13-7-12-16(17)20(14-8-3-1-4-9-14)15-10-5-2-6-11-15;1-2-4-5-3-1;/h1-6,8-11,16-17H,7,12-13H2;1-5H2;. The van der Waals surface area contributed by atoms with E-state index in [-0.39, 0.29) is 25.0 Å². The molecule has 2 aliphatic carbocycles. The van der Waals surface area contributed by atoms with Gasteiger partial charge in [0.25, 0.3) is 0 Å². The summed E-state index contributed by atoms with van der Waals surface area (Å²) in [5.41, 5.74) is 1.10. The Bertz CT molecular complexity index is 588. The van der Waals surface area contributed by atoms with E-state index in [2.05, 4.69) is 60.7 Å². The molecule has 2 aromatic carbocycles. The number of halogens is 2. The van der Waals surface area contributed by atoms with Gasteiger partial charge in [0.05, 0.1) is 6.63 Å². The Morgan fingerprint density at radius 2 is 1.00 bits per heavy atom. The van der Waals surface area contributed by atoms with Crippen molar-refractivity contribution in [2.75, 3.05) is 0 Å². The average Bonchev–Trinajstić information content (AvgIpc) is 3.39. The number of hydrogen-bond acceptors (Lipinski definition) is 0. The van der Waals surface area contributed by atoms with Gasteiger partial charge in [-0.15, -0.1) is 0 Å². The van der Waals surface area contributed by atoms with Crippen molar-refractivity contribution in [2.24, 2.45) is 0 Å². The summed E-state index contributed by atoms with van der Waals surface area (Å²) >= 11 is 12.7. The van der Waals surface area contributed by atoms with E-state index in [4.69, 9.17) is 22.5 Å². The van der Waals surface area contributed by atoms with E-state index in [1.54, 1.807) is 0 Å². The third-order valence-electron chi connectivity index (χ3n) is 5.35. The van der Waals surface area contributed by atoms with Crippen LogP contribution in [-0.4, -0.2) is 11.3 Å². The van der Waals surface area contributed by atoms with E-state index in [1.807, 2.05) is 0 Å². The second kappa shape index (κ2) is 12.9. The molecule has 0 spiro atoms. The molecule has 2 unspecified atom stereocenters. The number of hydrogen-bond donors (Lipinski definition) is 0. The molecule has 0 nitrogen and oxygen atoms in total. The molecule has 0 amide bonds. The van der Waals surface area contributed by atoms with Gasteiger partial charge in [0.1, 0.15) is 0 Å². The Hall–Kier alpha value is 0.399. The second-order valence-electron chi connectivity index (χ2n) is 7.13. The largest absolute Gasteiger partial charge is 0.0892 e. The maximum absolute atomic E-state index is 6.34. The van der Waals surface area contributed by atoms with Crippen LogP contribution in [0.15, 0.2) is 60.7 Å². The fraction of sp³-hybridized carbons (Fsp3) is 0.455. The second-order valence-corrected chi connectivity index (χ2v) is 13.5. The van der Waals surface area contributed by atoms with Crippen molar-refractivity contribution in [3.63, 3.8) is 0 Å². The predicted octanol–water partition coefficient (Wildman–Crippen LogP) is 7.78. The van der Waals surface area contributed by atoms with Gasteiger partial charge < -0.3 is 0 Å². The molecule has 148 valence electrons. The Balaban J connectivity index is 0.000000379. The topological polar surface area (TPSA) is 0 Å². The quantitative estimate of drug-likeness (QED) is 0.309. The first-order chi connectivity index (χ1) is 12.8. The van der Waals surface area contributed by atoms with E-state index < -0.39 is 6.63 Å². The van der Waals surface area contributed by atoms with Crippen LogP contribution >= 0.6 is 37.0 Å². The van der Waals surface area contributed by atoms with Crippen molar-refractivity contribution in [3.05, 3.63) is 60.7 Å². The van der Waals surface area contributed by atoms with E-state index in [9.17, 15) is 0 Å². The minimum atomic E-state index is -0.893. The van der Waals surface area contributed by atoms with Gasteiger partial charge in [-0.3, -0.25) is 0 Å². The molecule has 0 saturated heterocycles. The van der Waals surface area contributed by atoms with Crippen molar-refractivity contribution < 1.29 is 17.1 Å². The third kappa shape index (κ3) is 7.00. The van der Waals surface area contributed by atoms with Crippen LogP contribution in [0.3, 0.4) is 0 Å². The average molecular weight is 481 g/mol. The first-order valence-electron chi connectivity index (χ1n) is 9.77. The first-order valence-corrected chi connectivity index (χ1v) is 14.4. The van der Waals surface area contributed by atoms with Crippen LogP contribution in [0.2, 0.25) is 0 Å². The molecule has 0 aliphatic heterocycles. The summed E-state index contributed by atoms with van der Waals surface area (Å²) in [6.45, 7) is -0.893. The molecule has 2 fully saturated rings. The summed E-state index contributed by atoms with van der Waals surface area (Å²) in [4.78, 5) is 0. The number of benzene rings is 2. The minimum absolute atomic E-state index is 0. The normalized spacial score (nSPS) is 21.6. The van der Waals surface area contributed by atoms with Crippen molar-refractivity contribution in [2.45, 2.75) is 62.7 Å². The summed E-state index contributed by atoms with van der Waals surface area (Å²) in [6, 6.07) is 21.8. The van der Waals surface area contributed by atoms with Crippen LogP contribution in [0.5, 0.6) is 0 Å². The zero-order valence-electron chi connectivity index (χ0n) is 15.6. The van der Waals surface area contributed by atoms with E-state index >= 15 is 0 Å². The van der Waals surface area contributed by atoms with Crippen molar-refractivity contribution in [1.29, 1.82) is 0 Å². The molecule has 0 aromatic heterocycles. The van der Waals surface area contributed by atoms with Crippen molar-refractivity contribution in [1.82, 2.24) is 0 Å². The molecular formula is C22H28Cl2FeP2. The molecule has 2 saturated carbocycles. The van der Waals surface area contributed by atoms with Crippen molar-refractivity contribution in [3.8, 4) is 0 Å². The van der Waals surface area contributed by atoms with Crippen LogP contribution < -0.4 is 10.6 Å². The molecular weight excluding hydrogens is 453 g/mol. The van der Waals surface area contributed by atoms with Crippen LogP contribution in [0.25, 0.3) is 0 Å². The van der Waals surface area contributed by atoms with Crippen LogP contribution in [0, 0.1) is 0 Å². The Morgan fingerprint density at radius 3 is 1.41 bits per heavy atom. The zero-order valence-corrected chi connectivity index (χ0v) is 20.0. The van der Waals surface area contributed by atoms with E-state index in [0.29, 0.717) is 11.3 Å². The van der Waals surface area contributed by atoms with Gasteiger partial charge in [-0.1, -0.05) is 122 Å². The Kier molecular flexibility index (Phi) is 11.3. The summed E-state index contributed by atoms with van der Waals surface area (Å²) < 4.78 is 0. The van der Waals surface area contributed by atoms with E-state index in [0.717, 1.165) is 0 Å². The molecule has 0 radical (unpaired) electrons. The molecule has 5 heteroatoms. The van der Waals surface area contributed by atoms with Gasteiger partial charge in [0.15, 0.2) is 0 Å². The maximum atomic E-state index is 6.34. The Morgan fingerprint density at radius 1 is 0.593 bits per heavy atom. The van der Waals surface area contributed by atoms with Crippen LogP contribution in [-0.2, 0) is 17.1 Å². The smallest absolute Gasteiger partial charge is 0.0778 e. The summed E-state index contributed by atoms with van der Waals surface area (Å²) in [5, 5.41) is 2.89. The molecule has 27 heavy (non-hydrogen) atoms. The zero-order chi connectivity index (χ0) is 18.2. The fourth-order valence-corrected chi connectivity index (χ4v) is 10.5. The van der Waals surface area contributed by atoms with Gasteiger partial charge in [0, 0.05) is 22.7 Å². The van der Waals surface area contributed by atoms with Crippen LogP contribution in [0.4, 0.5) is 0 Å². The fourth-order valence-electron chi connectivity index (χ4n) is 4.04. The van der Waals surface area contributed by atoms with Crippen LogP contribution in [0.1, 0.15) is 51.4 Å². The molecule has 0 heterocycles. The minimum Gasteiger partial charge on any atom is -0.0778 e. The van der Waals surface area contributed by atoms with Gasteiger partial charge in [-0.05, 0) is 37.0 Å². The molecule has 2 aromatic rings. The van der Waals surface area contributed by atoms with Gasteiger partial charge in [-0.2, -0.15) is 0 Å². The summed E-state index contributed by atoms with van der Waals surface area (Å²) in [6.07, 6.45) is 11.2. The SMILES string of the molecule is C1CCCC1.ClP(Cl)C1CCCC1P(c1ccccc1)c1ccccc1.[Fe]. The first kappa shape index (κ1) is 23.7. The Labute approximate surface area is 187 Å². The van der Waals surface area contributed by atoms with Gasteiger partial charge in [0.2, 0.25) is 0 Å². The molecule has 0 bridgehead atoms. The van der Waals surface area contributed by atoms with Crippen molar-refractivity contribution >= 4 is 47.6 Å². The summed E-state index contributed by atoms with van der Waals surface area (Å²) in [5.74, 6) is 0. The van der Waals surface area contributed by atoms with Gasteiger partial charge >= 0.3 is 0 Å². The molecule has 0 N–H and O–H groups in total. The number of rotatable bonds is 4. The molecule has 4 rings (SSSR count).